The van der Waals surface area contributed by atoms with Gasteiger partial charge in [-0.1, -0.05) is 64.0 Å². The average Bonchev–Trinajstić information content (AvgIpc) is 2.63. The molecule has 2 atom stereocenters. The maximum atomic E-state index is 12.1. The second kappa shape index (κ2) is 18.2. The molecule has 0 spiro atoms. The van der Waals surface area contributed by atoms with Crippen molar-refractivity contribution in [3.63, 3.8) is 0 Å². The lowest BCUT2D eigenvalue weighted by molar-refractivity contribution is -0.873. The van der Waals surface area contributed by atoms with Crippen LogP contribution in [0.3, 0.4) is 0 Å². The molecule has 0 saturated carbocycles. The summed E-state index contributed by atoms with van der Waals surface area (Å²) in [5, 5.41) is 19.1. The van der Waals surface area contributed by atoms with Gasteiger partial charge in [0.25, 0.3) is 0 Å². The predicted molar refractivity (Wildman–Crippen MR) is 126 cm³/mol. The van der Waals surface area contributed by atoms with Crippen LogP contribution in [0.2, 0.25) is 0 Å². The van der Waals surface area contributed by atoms with Gasteiger partial charge in [0.2, 0.25) is 0 Å². The quantitative estimate of drug-likeness (QED) is 0.119. The minimum Gasteiger partial charge on any atom is -0.481 e. The smallest absolute Gasteiger partial charge is 0.308 e. The van der Waals surface area contributed by atoms with Crippen LogP contribution < -0.4 is 0 Å². The molecule has 6 nitrogen and oxygen atoms in total. The van der Waals surface area contributed by atoms with Crippen LogP contribution in [-0.2, 0) is 14.3 Å². The molecule has 0 saturated heterocycles. The Morgan fingerprint density at radius 2 is 1.42 bits per heavy atom. The number of rotatable bonds is 20. The lowest BCUT2D eigenvalue weighted by atomic mass is 10.1. The van der Waals surface area contributed by atoms with Crippen molar-refractivity contribution in [2.75, 3.05) is 27.7 Å². The number of hydrogen-bond acceptors (Lipinski definition) is 4. The number of hydrogen-bond donors (Lipinski definition) is 2. The fourth-order valence-electron chi connectivity index (χ4n) is 3.57. The van der Waals surface area contributed by atoms with Crippen molar-refractivity contribution in [3.8, 4) is 0 Å². The Kier molecular flexibility index (Phi) is 17.4. The summed E-state index contributed by atoms with van der Waals surface area (Å²) in [6, 6.07) is 0. The fourth-order valence-corrected chi connectivity index (χ4v) is 3.57. The first kappa shape index (κ1) is 29.6. The SMILES string of the molecule is CCCCCCCC/C=C\CCCCCC(O)CC(=O)O[C@H](CC(=O)O)C[N+](C)(C)C. The summed E-state index contributed by atoms with van der Waals surface area (Å²) in [5.41, 5.74) is 0. The molecule has 1 unspecified atom stereocenters. The second-order valence-corrected chi connectivity index (χ2v) is 9.71. The molecule has 0 aliphatic heterocycles. The van der Waals surface area contributed by atoms with E-state index in [1.807, 2.05) is 21.1 Å². The van der Waals surface area contributed by atoms with E-state index in [-0.39, 0.29) is 12.8 Å². The largest absolute Gasteiger partial charge is 0.481 e. The van der Waals surface area contributed by atoms with Crippen molar-refractivity contribution in [1.29, 1.82) is 0 Å². The van der Waals surface area contributed by atoms with Crippen molar-refractivity contribution in [3.05, 3.63) is 12.2 Å². The van der Waals surface area contributed by atoms with Gasteiger partial charge in [0.1, 0.15) is 6.54 Å². The number of aliphatic hydroxyl groups is 1. The molecule has 0 amide bonds. The van der Waals surface area contributed by atoms with Gasteiger partial charge < -0.3 is 19.4 Å². The highest BCUT2D eigenvalue weighted by atomic mass is 16.5. The van der Waals surface area contributed by atoms with Crippen molar-refractivity contribution < 1.29 is 29.0 Å². The number of carbonyl (C=O) groups is 2. The molecule has 182 valence electrons. The van der Waals surface area contributed by atoms with Crippen molar-refractivity contribution in [1.82, 2.24) is 0 Å². The van der Waals surface area contributed by atoms with Gasteiger partial charge in [-0.25, -0.2) is 0 Å². The van der Waals surface area contributed by atoms with E-state index >= 15 is 0 Å². The first-order valence-electron chi connectivity index (χ1n) is 12.2. The molecule has 2 N–H and O–H groups in total. The highest BCUT2D eigenvalue weighted by molar-refractivity contribution is 5.71. The highest BCUT2D eigenvalue weighted by Gasteiger charge is 2.25. The Morgan fingerprint density at radius 3 is 1.97 bits per heavy atom. The van der Waals surface area contributed by atoms with Crippen LogP contribution in [-0.4, -0.2) is 66.5 Å². The van der Waals surface area contributed by atoms with E-state index in [1.165, 1.54) is 44.9 Å². The number of quaternary nitrogens is 1. The molecule has 6 heteroatoms. The molecule has 0 aliphatic carbocycles. The van der Waals surface area contributed by atoms with Gasteiger partial charge in [-0.15, -0.1) is 0 Å². The summed E-state index contributed by atoms with van der Waals surface area (Å²) in [4.78, 5) is 23.1. The van der Waals surface area contributed by atoms with Crippen LogP contribution in [0.5, 0.6) is 0 Å². The molecule has 0 bridgehead atoms. The lowest BCUT2D eigenvalue weighted by Gasteiger charge is -2.28. The maximum absolute atomic E-state index is 12.1. The number of esters is 1. The number of carbonyl (C=O) groups excluding carboxylic acids is 1. The Morgan fingerprint density at radius 1 is 0.871 bits per heavy atom. The molecule has 0 fully saturated rings. The van der Waals surface area contributed by atoms with Gasteiger partial charge in [0.15, 0.2) is 6.10 Å². The van der Waals surface area contributed by atoms with Crippen molar-refractivity contribution in [2.45, 2.75) is 109 Å². The van der Waals surface area contributed by atoms with Gasteiger partial charge in [-0.05, 0) is 32.1 Å². The van der Waals surface area contributed by atoms with E-state index in [4.69, 9.17) is 9.84 Å². The molecule has 0 aliphatic rings. The summed E-state index contributed by atoms with van der Waals surface area (Å²) < 4.78 is 5.82. The zero-order valence-electron chi connectivity index (χ0n) is 20.5. The maximum Gasteiger partial charge on any atom is 0.308 e. The summed E-state index contributed by atoms with van der Waals surface area (Å²) in [7, 11) is 5.75. The zero-order valence-corrected chi connectivity index (χ0v) is 20.5. The number of aliphatic hydroxyl groups excluding tert-OH is 1. The van der Waals surface area contributed by atoms with E-state index in [9.17, 15) is 14.7 Å². The van der Waals surface area contributed by atoms with Crippen LogP contribution in [0.4, 0.5) is 0 Å². The highest BCUT2D eigenvalue weighted by Crippen LogP contribution is 2.12. The minimum atomic E-state index is -0.993. The average molecular weight is 443 g/mol. The Bertz CT molecular complexity index is 499. The molecule has 0 aromatic carbocycles. The first-order valence-corrected chi connectivity index (χ1v) is 12.2. The van der Waals surface area contributed by atoms with Gasteiger partial charge in [-0.3, -0.25) is 9.59 Å². The Labute approximate surface area is 190 Å². The van der Waals surface area contributed by atoms with Crippen LogP contribution in [0.1, 0.15) is 96.8 Å². The third kappa shape index (κ3) is 21.6. The molecule has 31 heavy (non-hydrogen) atoms. The normalized spacial score (nSPS) is 14.0. The fraction of sp³-hybridized carbons (Fsp3) is 0.840. The molecule has 0 aromatic rings. The van der Waals surface area contributed by atoms with E-state index < -0.39 is 24.1 Å². The van der Waals surface area contributed by atoms with Crippen molar-refractivity contribution >= 4 is 11.9 Å². The van der Waals surface area contributed by atoms with Crippen LogP contribution in [0.25, 0.3) is 0 Å². The molecule has 0 heterocycles. The van der Waals surface area contributed by atoms with E-state index in [2.05, 4.69) is 19.1 Å². The van der Waals surface area contributed by atoms with Crippen molar-refractivity contribution in [2.24, 2.45) is 0 Å². The predicted octanol–water partition coefficient (Wildman–Crippen LogP) is 5.09. The summed E-state index contributed by atoms with van der Waals surface area (Å²) in [6.45, 7) is 2.66. The summed E-state index contributed by atoms with van der Waals surface area (Å²) in [6.07, 6.45) is 16.6. The molecule has 0 radical (unpaired) electrons. The Balaban J connectivity index is 3.83. The number of nitrogens with zero attached hydrogens (tertiary/aromatic N) is 1. The Hall–Kier alpha value is -1.40. The van der Waals surface area contributed by atoms with E-state index in [0.29, 0.717) is 17.4 Å². The zero-order chi connectivity index (χ0) is 23.5. The van der Waals surface area contributed by atoms with Gasteiger partial charge in [-0.2, -0.15) is 0 Å². The standard InChI is InChI=1S/C25H47NO5/c1-5-6-7-8-9-10-11-12-13-14-15-16-17-18-22(27)19-25(30)31-23(20-24(28)29)21-26(2,3)4/h12-13,22-23,27H,5-11,14-21H2,1-4H3/p+1/b13-12-/t22?,23-/m1/s1. The third-order valence-electron chi connectivity index (χ3n) is 5.15. The molecule has 0 rings (SSSR count). The molecular weight excluding hydrogens is 394 g/mol. The van der Waals surface area contributed by atoms with Gasteiger partial charge >= 0.3 is 11.9 Å². The lowest BCUT2D eigenvalue weighted by Crippen LogP contribution is -2.44. The number of aliphatic carboxylic acids is 1. The van der Waals surface area contributed by atoms with Gasteiger partial charge in [0, 0.05) is 0 Å². The topological polar surface area (TPSA) is 83.8 Å². The second-order valence-electron chi connectivity index (χ2n) is 9.71. The van der Waals surface area contributed by atoms with Crippen LogP contribution in [0.15, 0.2) is 12.2 Å². The first-order chi connectivity index (χ1) is 14.6. The summed E-state index contributed by atoms with van der Waals surface area (Å²) in [5.74, 6) is -1.52. The monoisotopic (exact) mass is 442 g/mol. The molecule has 0 aromatic heterocycles. The number of ether oxygens (including phenoxy) is 1. The van der Waals surface area contributed by atoms with E-state index in [0.717, 1.165) is 25.7 Å². The number of carboxylic acids is 1. The van der Waals surface area contributed by atoms with Crippen LogP contribution >= 0.6 is 0 Å². The minimum absolute atomic E-state index is 0.0780. The third-order valence-corrected chi connectivity index (χ3v) is 5.15. The van der Waals surface area contributed by atoms with Gasteiger partial charge in [0.05, 0.1) is 40.1 Å². The van der Waals surface area contributed by atoms with E-state index in [1.54, 1.807) is 0 Å². The number of carboxylic acid groups (broad SMARTS) is 1. The number of likely N-dealkylation sites (N-methyl/N-ethyl adjacent to an activating group) is 1. The van der Waals surface area contributed by atoms with Crippen LogP contribution in [0, 0.1) is 0 Å². The number of allylic oxidation sites excluding steroid dienone is 2. The summed E-state index contributed by atoms with van der Waals surface area (Å²) >= 11 is 0. The number of unbranched alkanes of at least 4 members (excludes halogenated alkanes) is 9. The molecular formula is C25H48NO5+.